The maximum absolute atomic E-state index is 9.43. The van der Waals surface area contributed by atoms with Gasteiger partial charge in [-0.15, -0.1) is 0 Å². The first kappa shape index (κ1) is 8.55. The third kappa shape index (κ3) is 1.28. The summed E-state index contributed by atoms with van der Waals surface area (Å²) in [7, 11) is 1.45. The average Bonchev–Trinajstić information content (AvgIpc) is 2.16. The number of hydrogen-bond donors (Lipinski definition) is 2. The Kier molecular flexibility index (Phi) is 1.85. The molecule has 1 aromatic carbocycles. The van der Waals surface area contributed by atoms with Crippen LogP contribution in [0, 0.1) is 0 Å². The molecule has 0 bridgehead atoms. The Morgan fingerprint density at radius 3 is 2.71 bits per heavy atom. The molecule has 0 saturated heterocycles. The molecular formula is C9H8N2O3. The van der Waals surface area contributed by atoms with E-state index in [1.807, 2.05) is 0 Å². The van der Waals surface area contributed by atoms with E-state index in [0.717, 1.165) is 0 Å². The summed E-state index contributed by atoms with van der Waals surface area (Å²) in [6, 6.07) is 2.94. The number of nitrogens with zero attached hydrogens (tertiary/aromatic N) is 2. The Morgan fingerprint density at radius 1 is 1.21 bits per heavy atom. The van der Waals surface area contributed by atoms with Crippen LogP contribution in [0.1, 0.15) is 0 Å². The zero-order valence-electron chi connectivity index (χ0n) is 7.43. The second-order valence-corrected chi connectivity index (χ2v) is 2.74. The minimum atomic E-state index is -0.179. The summed E-state index contributed by atoms with van der Waals surface area (Å²) in [6.45, 7) is 0. The normalized spacial score (nSPS) is 10.4. The summed E-state index contributed by atoms with van der Waals surface area (Å²) >= 11 is 0. The van der Waals surface area contributed by atoms with Gasteiger partial charge in [0, 0.05) is 12.1 Å². The van der Waals surface area contributed by atoms with Gasteiger partial charge < -0.3 is 14.9 Å². The molecule has 5 nitrogen and oxygen atoms in total. The lowest BCUT2D eigenvalue weighted by Crippen LogP contribution is -1.87. The van der Waals surface area contributed by atoms with Gasteiger partial charge in [-0.05, 0) is 0 Å². The molecule has 0 atom stereocenters. The lowest BCUT2D eigenvalue weighted by Gasteiger charge is -2.04. The van der Waals surface area contributed by atoms with Crippen molar-refractivity contribution in [3.63, 3.8) is 0 Å². The van der Waals surface area contributed by atoms with E-state index < -0.39 is 0 Å². The molecule has 14 heavy (non-hydrogen) atoms. The summed E-state index contributed by atoms with van der Waals surface area (Å²) in [5, 5.41) is 18.5. The van der Waals surface area contributed by atoms with Gasteiger partial charge in [0.1, 0.15) is 0 Å². The first-order valence-corrected chi connectivity index (χ1v) is 3.93. The fraction of sp³-hybridized carbons (Fsp3) is 0.111. The molecule has 2 rings (SSSR count). The lowest BCUT2D eigenvalue weighted by molar-refractivity contribution is 0.374. The van der Waals surface area contributed by atoms with Gasteiger partial charge in [-0.1, -0.05) is 0 Å². The van der Waals surface area contributed by atoms with Crippen LogP contribution >= 0.6 is 0 Å². The summed E-state index contributed by atoms with van der Waals surface area (Å²) in [5.74, 6) is 0.124. The van der Waals surface area contributed by atoms with Crippen molar-refractivity contribution in [3.05, 3.63) is 18.3 Å². The van der Waals surface area contributed by atoms with Crippen molar-refractivity contribution < 1.29 is 14.9 Å². The van der Waals surface area contributed by atoms with E-state index in [2.05, 4.69) is 9.97 Å². The molecule has 0 radical (unpaired) electrons. The molecule has 1 aromatic heterocycles. The van der Waals surface area contributed by atoms with Crippen LogP contribution in [0.5, 0.6) is 17.4 Å². The quantitative estimate of drug-likeness (QED) is 0.706. The Hall–Kier alpha value is -2.04. The van der Waals surface area contributed by atoms with Crippen LogP contribution in [0.3, 0.4) is 0 Å². The maximum Gasteiger partial charge on any atom is 0.230 e. The van der Waals surface area contributed by atoms with E-state index in [-0.39, 0.29) is 11.6 Å². The summed E-state index contributed by atoms with van der Waals surface area (Å²) < 4.78 is 4.90. The van der Waals surface area contributed by atoms with Crippen LogP contribution in [0.15, 0.2) is 18.3 Å². The molecule has 0 unspecified atom stereocenters. The lowest BCUT2D eigenvalue weighted by atomic mass is 10.2. The number of hydrogen-bond acceptors (Lipinski definition) is 5. The predicted octanol–water partition coefficient (Wildman–Crippen LogP) is 1.05. The number of aromatic nitrogens is 2. The maximum atomic E-state index is 9.43. The van der Waals surface area contributed by atoms with Gasteiger partial charge in [0.15, 0.2) is 11.5 Å². The van der Waals surface area contributed by atoms with E-state index in [9.17, 15) is 5.11 Å². The van der Waals surface area contributed by atoms with Crippen molar-refractivity contribution in [2.45, 2.75) is 0 Å². The van der Waals surface area contributed by atoms with Crippen molar-refractivity contribution in [2.75, 3.05) is 7.11 Å². The summed E-state index contributed by atoms with van der Waals surface area (Å²) in [5.41, 5.74) is 0.973. The largest absolute Gasteiger partial charge is 0.504 e. The van der Waals surface area contributed by atoms with E-state index >= 15 is 0 Å². The van der Waals surface area contributed by atoms with Crippen LogP contribution in [-0.4, -0.2) is 27.3 Å². The molecule has 0 aliphatic carbocycles. The van der Waals surface area contributed by atoms with Crippen molar-refractivity contribution in [1.29, 1.82) is 0 Å². The molecule has 0 amide bonds. The fourth-order valence-corrected chi connectivity index (χ4v) is 1.18. The number of ether oxygens (including phenoxy) is 1. The zero-order valence-corrected chi connectivity index (χ0v) is 7.43. The standard InChI is InChI=1S/C9H8N2O3/c1-14-8-3-5-6(2-7(8)12)11-9(13)4-10-5/h2-4,12H,1H3,(H,11,13). The van der Waals surface area contributed by atoms with Crippen LogP contribution < -0.4 is 4.74 Å². The summed E-state index contributed by atoms with van der Waals surface area (Å²) in [6.07, 6.45) is 1.23. The highest BCUT2D eigenvalue weighted by Crippen LogP contribution is 2.29. The first-order chi connectivity index (χ1) is 6.70. The minimum Gasteiger partial charge on any atom is -0.504 e. The number of fused-ring (bicyclic) bond motifs is 1. The van der Waals surface area contributed by atoms with Crippen molar-refractivity contribution >= 4 is 11.0 Å². The molecule has 5 heteroatoms. The SMILES string of the molecule is COc1cc2ncc(O)nc2cc1O. The van der Waals surface area contributed by atoms with Crippen molar-refractivity contribution in [3.8, 4) is 17.4 Å². The Labute approximate surface area is 79.6 Å². The predicted molar refractivity (Wildman–Crippen MR) is 49.4 cm³/mol. The van der Waals surface area contributed by atoms with Crippen molar-refractivity contribution in [1.82, 2.24) is 9.97 Å². The topological polar surface area (TPSA) is 75.5 Å². The van der Waals surface area contributed by atoms with Gasteiger partial charge in [-0.3, -0.25) is 0 Å². The Bertz CT molecular complexity index is 485. The minimum absolute atomic E-state index is 0.0279. The van der Waals surface area contributed by atoms with E-state index in [4.69, 9.17) is 9.84 Å². The van der Waals surface area contributed by atoms with E-state index in [0.29, 0.717) is 16.8 Å². The number of aromatic hydroxyl groups is 2. The van der Waals surface area contributed by atoms with Crippen LogP contribution in [0.25, 0.3) is 11.0 Å². The molecule has 72 valence electrons. The Morgan fingerprint density at radius 2 is 2.00 bits per heavy atom. The molecule has 1 heterocycles. The second kappa shape index (κ2) is 3.02. The molecule has 2 N–H and O–H groups in total. The highest BCUT2D eigenvalue weighted by atomic mass is 16.5. The molecule has 2 aromatic rings. The highest BCUT2D eigenvalue weighted by molar-refractivity contribution is 5.78. The molecule has 0 fully saturated rings. The van der Waals surface area contributed by atoms with E-state index in [1.54, 1.807) is 6.07 Å². The van der Waals surface area contributed by atoms with Gasteiger partial charge in [-0.2, -0.15) is 0 Å². The van der Waals surface area contributed by atoms with Gasteiger partial charge in [0.2, 0.25) is 5.88 Å². The third-order valence-corrected chi connectivity index (χ3v) is 1.83. The monoisotopic (exact) mass is 192 g/mol. The second-order valence-electron chi connectivity index (χ2n) is 2.74. The van der Waals surface area contributed by atoms with Gasteiger partial charge in [0.05, 0.1) is 24.3 Å². The van der Waals surface area contributed by atoms with Crippen LogP contribution in [-0.2, 0) is 0 Å². The molecular weight excluding hydrogens is 184 g/mol. The summed E-state index contributed by atoms with van der Waals surface area (Å²) in [4.78, 5) is 7.72. The zero-order chi connectivity index (χ0) is 10.1. The highest BCUT2D eigenvalue weighted by Gasteiger charge is 2.06. The number of phenols is 1. The third-order valence-electron chi connectivity index (χ3n) is 1.83. The first-order valence-electron chi connectivity index (χ1n) is 3.93. The smallest absolute Gasteiger partial charge is 0.230 e. The molecule has 0 saturated carbocycles. The molecule has 0 spiro atoms. The molecule has 0 aliphatic rings. The Balaban J connectivity index is 2.73. The number of methoxy groups -OCH3 is 1. The number of benzene rings is 1. The van der Waals surface area contributed by atoms with Crippen LogP contribution in [0.2, 0.25) is 0 Å². The van der Waals surface area contributed by atoms with E-state index in [1.165, 1.54) is 19.4 Å². The van der Waals surface area contributed by atoms with Crippen LogP contribution in [0.4, 0.5) is 0 Å². The van der Waals surface area contributed by atoms with Gasteiger partial charge in [-0.25, -0.2) is 9.97 Å². The fourth-order valence-electron chi connectivity index (χ4n) is 1.18. The number of phenolic OH excluding ortho intramolecular Hbond substituents is 1. The number of rotatable bonds is 1. The average molecular weight is 192 g/mol. The van der Waals surface area contributed by atoms with Gasteiger partial charge in [0.25, 0.3) is 0 Å². The molecule has 0 aliphatic heterocycles. The van der Waals surface area contributed by atoms with Gasteiger partial charge >= 0.3 is 0 Å². The van der Waals surface area contributed by atoms with Crippen molar-refractivity contribution in [2.24, 2.45) is 0 Å².